The standard InChI is InChI=1S/C4H11N2P/c1-5-7(3,4)6-2/h1H2,2-4H3. The zero-order chi connectivity index (χ0) is 5.91. The van der Waals surface area contributed by atoms with Crippen molar-refractivity contribution in [3.8, 4) is 0 Å². The summed E-state index contributed by atoms with van der Waals surface area (Å²) in [5, 5.41) is 0. The first-order valence-electron chi connectivity index (χ1n) is 2.06. The minimum absolute atomic E-state index is 1.27. The number of rotatable bonds is 1. The lowest BCUT2D eigenvalue weighted by atomic mass is 11.6. The maximum absolute atomic E-state index is 4.02. The lowest BCUT2D eigenvalue weighted by Crippen LogP contribution is -1.65. The summed E-state index contributed by atoms with van der Waals surface area (Å²) in [6.07, 6.45) is 0. The van der Waals surface area contributed by atoms with Crippen LogP contribution in [0.3, 0.4) is 0 Å². The summed E-state index contributed by atoms with van der Waals surface area (Å²) in [6.45, 7) is 7.44. The van der Waals surface area contributed by atoms with Crippen LogP contribution >= 0.6 is 7.21 Å². The van der Waals surface area contributed by atoms with Crippen LogP contribution in [-0.4, -0.2) is 27.1 Å². The molecular formula is C4H11N2P. The molecule has 0 N–H and O–H groups in total. The van der Waals surface area contributed by atoms with Crippen molar-refractivity contribution < 1.29 is 0 Å². The molecule has 42 valence electrons. The molecule has 0 amide bonds. The fourth-order valence-electron chi connectivity index (χ4n) is 0.0632. The fraction of sp³-hybridized carbons (Fsp3) is 0.750. The van der Waals surface area contributed by atoms with Crippen LogP contribution in [0.1, 0.15) is 0 Å². The van der Waals surface area contributed by atoms with Crippen LogP contribution in [0, 0.1) is 0 Å². The molecule has 0 aromatic heterocycles. The highest BCUT2D eigenvalue weighted by atomic mass is 31.2. The summed E-state index contributed by atoms with van der Waals surface area (Å²) in [7, 11) is 0.515. The van der Waals surface area contributed by atoms with E-state index in [2.05, 4.69) is 16.2 Å². The van der Waals surface area contributed by atoms with Crippen molar-refractivity contribution in [1.29, 1.82) is 0 Å². The van der Waals surface area contributed by atoms with Crippen LogP contribution in [0.2, 0.25) is 0 Å². The van der Waals surface area contributed by atoms with E-state index in [4.69, 9.17) is 0 Å². The van der Waals surface area contributed by atoms with Crippen molar-refractivity contribution in [3.63, 3.8) is 0 Å². The van der Waals surface area contributed by atoms with Gasteiger partial charge in [-0.15, -0.1) is 0 Å². The third-order valence-electron chi connectivity index (χ3n) is 0.836. The van der Waals surface area contributed by atoms with Crippen molar-refractivity contribution in [2.75, 3.05) is 20.4 Å². The quantitative estimate of drug-likeness (QED) is 0.369. The Kier molecular flexibility index (Phi) is 2.24. The van der Waals surface area contributed by atoms with Crippen molar-refractivity contribution in [3.05, 3.63) is 0 Å². The summed E-state index contributed by atoms with van der Waals surface area (Å²) in [5.74, 6) is 0. The Balaban J connectivity index is 4.13. The molecule has 0 aliphatic heterocycles. The largest absolute Gasteiger partial charge is 0.285 e. The highest BCUT2D eigenvalue weighted by molar-refractivity contribution is 7.63. The van der Waals surface area contributed by atoms with Crippen LogP contribution in [-0.2, 0) is 0 Å². The Labute approximate surface area is 44.8 Å². The molecule has 0 rings (SSSR count). The third-order valence-corrected chi connectivity index (χ3v) is 2.51. The molecule has 0 fully saturated rings. The van der Waals surface area contributed by atoms with Gasteiger partial charge in [0.05, 0.1) is 7.21 Å². The van der Waals surface area contributed by atoms with Crippen LogP contribution in [0.5, 0.6) is 0 Å². The van der Waals surface area contributed by atoms with Gasteiger partial charge in [0.2, 0.25) is 0 Å². The second-order valence-electron chi connectivity index (χ2n) is 1.68. The minimum atomic E-state index is -1.27. The van der Waals surface area contributed by atoms with Gasteiger partial charge in [-0.2, -0.15) is 0 Å². The predicted octanol–water partition coefficient (Wildman–Crippen LogP) is 1.69. The second kappa shape index (κ2) is 2.27. The Bertz CT molecular complexity index is 111. The Morgan fingerprint density at radius 1 is 1.43 bits per heavy atom. The average molecular weight is 118 g/mol. The first-order chi connectivity index (χ1) is 3.12. The molecule has 0 spiro atoms. The van der Waals surface area contributed by atoms with Crippen LogP contribution in [0.4, 0.5) is 0 Å². The molecule has 0 aromatic carbocycles. The van der Waals surface area contributed by atoms with Gasteiger partial charge in [0.1, 0.15) is 0 Å². The Morgan fingerprint density at radius 3 is 1.86 bits per heavy atom. The molecule has 0 saturated heterocycles. The summed E-state index contributed by atoms with van der Waals surface area (Å²) < 4.78 is 7.85. The Hall–Kier alpha value is -0.100. The first kappa shape index (κ1) is 6.90. The molecule has 0 aliphatic carbocycles. The van der Waals surface area contributed by atoms with Crippen molar-refractivity contribution in [2.45, 2.75) is 0 Å². The molecule has 0 atom stereocenters. The molecule has 0 aromatic rings. The zero-order valence-electron chi connectivity index (χ0n) is 5.05. The van der Waals surface area contributed by atoms with Gasteiger partial charge in [-0.25, -0.2) is 0 Å². The average Bonchev–Trinajstić information content (AvgIpc) is 1.68. The van der Waals surface area contributed by atoms with E-state index < -0.39 is 7.21 Å². The molecular weight excluding hydrogens is 107 g/mol. The van der Waals surface area contributed by atoms with Crippen molar-refractivity contribution in [2.24, 2.45) is 9.51 Å². The SMILES string of the molecule is C=NP(C)(C)=NC. The molecule has 0 unspecified atom stereocenters. The summed E-state index contributed by atoms with van der Waals surface area (Å²) in [5.41, 5.74) is 0. The maximum atomic E-state index is 4.02. The van der Waals surface area contributed by atoms with Gasteiger partial charge < -0.3 is 0 Å². The van der Waals surface area contributed by atoms with Crippen molar-refractivity contribution >= 4 is 13.9 Å². The van der Waals surface area contributed by atoms with E-state index in [1.54, 1.807) is 7.05 Å². The summed E-state index contributed by atoms with van der Waals surface area (Å²) in [4.78, 5) is 0. The highest BCUT2D eigenvalue weighted by Gasteiger charge is 1.92. The molecule has 0 heterocycles. The third kappa shape index (κ3) is 2.58. The van der Waals surface area contributed by atoms with Crippen LogP contribution < -0.4 is 0 Å². The van der Waals surface area contributed by atoms with Gasteiger partial charge in [0.25, 0.3) is 0 Å². The highest BCUT2D eigenvalue weighted by Crippen LogP contribution is 2.40. The lowest BCUT2D eigenvalue weighted by molar-refractivity contribution is 1.47. The van der Waals surface area contributed by atoms with Crippen molar-refractivity contribution in [1.82, 2.24) is 0 Å². The number of hydrogen-bond acceptors (Lipinski definition) is 1. The van der Waals surface area contributed by atoms with Gasteiger partial charge in [-0.05, 0) is 20.0 Å². The normalized spacial score (nSPS) is 10.7. The smallest absolute Gasteiger partial charge is 0.0671 e. The maximum Gasteiger partial charge on any atom is 0.0671 e. The molecule has 3 heteroatoms. The topological polar surface area (TPSA) is 24.7 Å². The van der Waals surface area contributed by atoms with Crippen LogP contribution in [0.25, 0.3) is 0 Å². The fourth-order valence-corrected chi connectivity index (χ4v) is 0.190. The molecule has 2 nitrogen and oxygen atoms in total. The summed E-state index contributed by atoms with van der Waals surface area (Å²) in [6, 6.07) is 0. The van der Waals surface area contributed by atoms with Gasteiger partial charge >= 0.3 is 0 Å². The van der Waals surface area contributed by atoms with Gasteiger partial charge in [0.15, 0.2) is 0 Å². The monoisotopic (exact) mass is 118 g/mol. The molecule has 0 bridgehead atoms. The van der Waals surface area contributed by atoms with E-state index in [1.807, 2.05) is 13.3 Å². The van der Waals surface area contributed by atoms with E-state index in [-0.39, 0.29) is 0 Å². The lowest BCUT2D eigenvalue weighted by Gasteiger charge is -2.01. The van der Waals surface area contributed by atoms with E-state index in [1.165, 1.54) is 0 Å². The zero-order valence-corrected chi connectivity index (χ0v) is 5.94. The van der Waals surface area contributed by atoms with Gasteiger partial charge in [-0.3, -0.25) is 9.51 Å². The first-order valence-corrected chi connectivity index (χ1v) is 4.65. The summed E-state index contributed by atoms with van der Waals surface area (Å²) >= 11 is 0. The van der Waals surface area contributed by atoms with E-state index in [0.717, 1.165) is 0 Å². The molecule has 0 aliphatic rings. The predicted molar refractivity (Wildman–Crippen MR) is 36.7 cm³/mol. The Morgan fingerprint density at radius 2 is 1.86 bits per heavy atom. The molecule has 7 heavy (non-hydrogen) atoms. The van der Waals surface area contributed by atoms with Gasteiger partial charge in [-0.1, -0.05) is 0 Å². The van der Waals surface area contributed by atoms with E-state index in [0.29, 0.717) is 0 Å². The van der Waals surface area contributed by atoms with Gasteiger partial charge in [0, 0.05) is 7.05 Å². The molecule has 0 radical (unpaired) electrons. The van der Waals surface area contributed by atoms with E-state index >= 15 is 0 Å². The number of nitrogens with zero attached hydrogens (tertiary/aromatic N) is 2. The number of hydrogen-bond donors (Lipinski definition) is 0. The second-order valence-corrected chi connectivity index (χ2v) is 5.03. The van der Waals surface area contributed by atoms with E-state index in [9.17, 15) is 0 Å². The van der Waals surface area contributed by atoms with Crippen LogP contribution in [0.15, 0.2) is 9.51 Å². The minimum Gasteiger partial charge on any atom is -0.285 e. The molecule has 0 saturated carbocycles.